The molecular formula is C64H97N. The number of fused-ring (bicyclic) bond motifs is 1. The highest BCUT2D eigenvalue weighted by Gasteiger charge is 2.44. The van der Waals surface area contributed by atoms with E-state index in [9.17, 15) is 0 Å². The molecule has 1 aromatic rings. The lowest BCUT2D eigenvalue weighted by atomic mass is 9.70. The second-order valence-corrected chi connectivity index (χ2v) is 21.3. The highest BCUT2D eigenvalue weighted by Crippen LogP contribution is 2.56. The molecule has 65 heavy (non-hydrogen) atoms. The Morgan fingerprint density at radius 3 is 1.82 bits per heavy atom. The maximum atomic E-state index is 2.76. The number of nitrogens with zero attached hydrogens (tertiary/aromatic N) is 1. The lowest BCUT2D eigenvalue weighted by Gasteiger charge is -2.40. The van der Waals surface area contributed by atoms with Crippen LogP contribution in [0.3, 0.4) is 0 Å². The van der Waals surface area contributed by atoms with Gasteiger partial charge in [-0.1, -0.05) is 224 Å². The van der Waals surface area contributed by atoms with Crippen molar-refractivity contribution in [1.82, 2.24) is 4.90 Å². The molecule has 1 aromatic carbocycles. The summed E-state index contributed by atoms with van der Waals surface area (Å²) < 4.78 is 0. The van der Waals surface area contributed by atoms with E-state index in [1.807, 2.05) is 0 Å². The van der Waals surface area contributed by atoms with E-state index in [0.29, 0.717) is 11.5 Å². The van der Waals surface area contributed by atoms with Crippen LogP contribution in [0.5, 0.6) is 0 Å². The number of allylic oxidation sites excluding steroid dienone is 16. The molecule has 0 N–H and O–H groups in total. The average Bonchev–Trinajstić information content (AvgIpc) is 3.60. The minimum absolute atomic E-state index is 0.0643. The van der Waals surface area contributed by atoms with Crippen molar-refractivity contribution in [3.05, 3.63) is 130 Å². The van der Waals surface area contributed by atoms with Crippen molar-refractivity contribution in [3.63, 3.8) is 0 Å². The predicted octanol–water partition coefficient (Wildman–Crippen LogP) is 20.4. The van der Waals surface area contributed by atoms with Crippen molar-refractivity contribution in [3.8, 4) is 0 Å². The zero-order chi connectivity index (χ0) is 46.7. The molecule has 0 aliphatic heterocycles. The van der Waals surface area contributed by atoms with E-state index in [-0.39, 0.29) is 10.8 Å². The molecule has 0 saturated carbocycles. The second kappa shape index (κ2) is 26.3. The highest BCUT2D eigenvalue weighted by atomic mass is 15.2. The van der Waals surface area contributed by atoms with E-state index in [2.05, 4.69) is 159 Å². The fourth-order valence-corrected chi connectivity index (χ4v) is 11.6. The first-order chi connectivity index (χ1) is 31.6. The predicted molar refractivity (Wildman–Crippen MR) is 290 cm³/mol. The number of hydrogen-bond acceptors (Lipinski definition) is 1. The summed E-state index contributed by atoms with van der Waals surface area (Å²) in [5, 5.41) is 0. The molecule has 0 fully saturated rings. The van der Waals surface area contributed by atoms with Gasteiger partial charge in [0.25, 0.3) is 0 Å². The third kappa shape index (κ3) is 13.4. The summed E-state index contributed by atoms with van der Waals surface area (Å²) in [6, 6.07) is 8.00. The monoisotopic (exact) mass is 880 g/mol. The van der Waals surface area contributed by atoms with Crippen LogP contribution in [0.4, 0.5) is 0 Å². The van der Waals surface area contributed by atoms with E-state index >= 15 is 0 Å². The van der Waals surface area contributed by atoms with E-state index in [4.69, 9.17) is 0 Å². The van der Waals surface area contributed by atoms with Crippen molar-refractivity contribution in [2.24, 2.45) is 10.8 Å². The molecule has 1 nitrogen and oxygen atoms in total. The second-order valence-electron chi connectivity index (χ2n) is 21.3. The summed E-state index contributed by atoms with van der Waals surface area (Å²) in [6.45, 7) is 23.7. The number of benzene rings is 1. The van der Waals surface area contributed by atoms with Crippen LogP contribution in [-0.2, 0) is 5.41 Å². The Morgan fingerprint density at radius 2 is 1.29 bits per heavy atom. The van der Waals surface area contributed by atoms with Gasteiger partial charge in [0.15, 0.2) is 0 Å². The summed E-state index contributed by atoms with van der Waals surface area (Å²) in [4.78, 5) is 2.76. The molecule has 358 valence electrons. The number of hydrogen-bond donors (Lipinski definition) is 0. The normalized spacial score (nSPS) is 20.0. The largest absolute Gasteiger partial charge is 0.342 e. The molecule has 0 saturated heterocycles. The van der Waals surface area contributed by atoms with Crippen LogP contribution in [0, 0.1) is 10.8 Å². The molecule has 0 heterocycles. The molecule has 0 aromatic heterocycles. The van der Waals surface area contributed by atoms with Gasteiger partial charge in [0.2, 0.25) is 0 Å². The van der Waals surface area contributed by atoms with Gasteiger partial charge in [0, 0.05) is 16.8 Å². The summed E-state index contributed by atoms with van der Waals surface area (Å²) in [7, 11) is 0. The van der Waals surface area contributed by atoms with Crippen LogP contribution >= 0.6 is 0 Å². The molecule has 0 radical (unpaired) electrons. The van der Waals surface area contributed by atoms with Crippen molar-refractivity contribution >= 4 is 11.1 Å². The van der Waals surface area contributed by atoms with Crippen LogP contribution in [-0.4, -0.2) is 10.9 Å². The Bertz CT molecular complexity index is 1920. The number of rotatable bonds is 28. The Balaban J connectivity index is 1.53. The minimum atomic E-state index is 0.0643. The Morgan fingerprint density at radius 1 is 0.677 bits per heavy atom. The molecule has 1 atom stereocenters. The first-order valence-electron chi connectivity index (χ1n) is 27.8. The van der Waals surface area contributed by atoms with Crippen molar-refractivity contribution in [2.45, 2.75) is 248 Å². The van der Waals surface area contributed by atoms with E-state index in [1.165, 1.54) is 181 Å². The van der Waals surface area contributed by atoms with E-state index in [1.54, 1.807) is 22.3 Å². The maximum absolute atomic E-state index is 2.76. The van der Waals surface area contributed by atoms with Gasteiger partial charge < -0.3 is 4.90 Å². The fraction of sp³-hybridized carbons (Fsp3) is 0.625. The number of unbranched alkanes of at least 4 members (excludes halogenated alkanes) is 11. The van der Waals surface area contributed by atoms with Crippen LogP contribution in [0.2, 0.25) is 0 Å². The lowest BCUT2D eigenvalue weighted by molar-refractivity contribution is 0.319. The van der Waals surface area contributed by atoms with Gasteiger partial charge in [-0.05, 0) is 153 Å². The van der Waals surface area contributed by atoms with Crippen molar-refractivity contribution in [2.75, 3.05) is 0 Å². The van der Waals surface area contributed by atoms with Gasteiger partial charge in [-0.25, -0.2) is 0 Å². The van der Waals surface area contributed by atoms with Gasteiger partial charge in [-0.15, -0.1) is 0 Å². The summed E-state index contributed by atoms with van der Waals surface area (Å²) >= 11 is 0. The lowest BCUT2D eigenvalue weighted by Crippen LogP contribution is -2.34. The maximum Gasteiger partial charge on any atom is 0.0554 e. The summed E-state index contributed by atoms with van der Waals surface area (Å²) in [5.41, 5.74) is 15.9. The molecule has 1 heteroatoms. The summed E-state index contributed by atoms with van der Waals surface area (Å²) in [5.74, 6) is 0. The Hall–Kier alpha value is -3.32. The molecule has 0 spiro atoms. The highest BCUT2D eigenvalue weighted by molar-refractivity contribution is 5.92. The van der Waals surface area contributed by atoms with Crippen LogP contribution in [0.15, 0.2) is 113 Å². The molecule has 0 bridgehead atoms. The fourth-order valence-electron chi connectivity index (χ4n) is 11.6. The molecular weight excluding hydrogens is 783 g/mol. The molecule has 4 aliphatic carbocycles. The third-order valence-corrected chi connectivity index (χ3v) is 17.1. The topological polar surface area (TPSA) is 3.24 Å². The average molecular weight is 880 g/mol. The van der Waals surface area contributed by atoms with Gasteiger partial charge >= 0.3 is 0 Å². The van der Waals surface area contributed by atoms with Gasteiger partial charge in [-0.3, -0.25) is 0 Å². The van der Waals surface area contributed by atoms with Gasteiger partial charge in [-0.2, -0.15) is 0 Å². The standard InChI is InChI=1S/C64H97N/c1-11-19-22-24-26-28-48-64(49-29-27-25-23-20-12-2)60(14-4)58(32-30-47-62(9,15-5)16-6)59-46-37-53(50-61(59)64)52-35-42-56(43-36-52)65(55-40-33-51(34-41-55)31-21-13-3)57-44-38-54(39-45-57)63(10,17-7)18-8/h14,30,32-33,35-38,40,42,44,46-47,50,56H,11-13,15-29,31,34,39,41,43,45,48-49H2,1-10H3/b47-30+,58-32-,60-14?. The molecule has 4 aliphatic rings. The first-order valence-corrected chi connectivity index (χ1v) is 27.8. The Kier molecular flexibility index (Phi) is 21.3. The van der Waals surface area contributed by atoms with Crippen molar-refractivity contribution in [1.29, 1.82) is 0 Å². The minimum Gasteiger partial charge on any atom is -0.342 e. The van der Waals surface area contributed by atoms with Crippen LogP contribution < -0.4 is 0 Å². The molecule has 1 unspecified atom stereocenters. The zero-order valence-electron chi connectivity index (χ0n) is 44.0. The SMILES string of the molecule is CC=C1/C(=C\C=C\C(C)(CC)CC)c2ccc(C3=CCC(N(C4=CC=C(CCCC)CC4)C4=CC=C(C(C)(CC)CC)CC4)C=C3)cc2C1(CCCCCCCC)CCCCCCCC. The zero-order valence-corrected chi connectivity index (χ0v) is 44.0. The van der Waals surface area contributed by atoms with E-state index < -0.39 is 0 Å². The van der Waals surface area contributed by atoms with Gasteiger partial charge in [0.1, 0.15) is 0 Å². The summed E-state index contributed by atoms with van der Waals surface area (Å²) in [6.07, 6.45) is 60.5. The van der Waals surface area contributed by atoms with Gasteiger partial charge in [0.05, 0.1) is 6.04 Å². The quantitative estimate of drug-likeness (QED) is 0.0758. The molecule has 5 rings (SSSR count). The molecule has 0 amide bonds. The van der Waals surface area contributed by atoms with Crippen molar-refractivity contribution < 1.29 is 0 Å². The smallest absolute Gasteiger partial charge is 0.0554 e. The van der Waals surface area contributed by atoms with Crippen LogP contribution in [0.1, 0.15) is 253 Å². The van der Waals surface area contributed by atoms with Crippen LogP contribution in [0.25, 0.3) is 11.1 Å². The third-order valence-electron chi connectivity index (χ3n) is 17.1. The first kappa shape index (κ1) is 52.6. The Labute approximate surface area is 402 Å². The van der Waals surface area contributed by atoms with E-state index in [0.717, 1.165) is 19.3 Å².